The Morgan fingerprint density at radius 3 is 2.94 bits per heavy atom. The monoisotopic (exact) mass is 237 g/mol. The number of aromatic amines is 1. The molecule has 1 amide bonds. The predicted octanol–water partition coefficient (Wildman–Crippen LogP) is 0.743. The zero-order valence-corrected chi connectivity index (χ0v) is 10.2. The van der Waals surface area contributed by atoms with Gasteiger partial charge in [-0.15, -0.1) is 0 Å². The Bertz CT molecular complexity index is 400. The number of carbonyl (C=O) groups excluding carboxylic acids is 1. The number of aliphatic hydroxyl groups excluding tert-OH is 1. The second kappa shape index (κ2) is 5.31. The van der Waals surface area contributed by atoms with E-state index in [1.807, 2.05) is 6.92 Å². The molecule has 0 aromatic carbocycles. The molecule has 94 valence electrons. The third kappa shape index (κ3) is 2.34. The second-order valence-electron chi connectivity index (χ2n) is 4.34. The van der Waals surface area contributed by atoms with Crippen LogP contribution in [0.3, 0.4) is 0 Å². The summed E-state index contributed by atoms with van der Waals surface area (Å²) in [6, 6.07) is 0. The summed E-state index contributed by atoms with van der Waals surface area (Å²) in [4.78, 5) is 13.9. The van der Waals surface area contributed by atoms with Crippen LogP contribution in [-0.4, -0.2) is 45.8 Å². The average Bonchev–Trinajstić information content (AvgIpc) is 2.79. The van der Waals surface area contributed by atoms with Crippen LogP contribution in [0.2, 0.25) is 0 Å². The van der Waals surface area contributed by atoms with Crippen LogP contribution in [0.5, 0.6) is 0 Å². The summed E-state index contributed by atoms with van der Waals surface area (Å²) < 4.78 is 0. The number of aryl methyl sites for hydroxylation is 1. The van der Waals surface area contributed by atoms with Crippen LogP contribution < -0.4 is 0 Å². The number of carbonyl (C=O) groups is 1. The first-order chi connectivity index (χ1) is 8.27. The first-order valence-corrected chi connectivity index (χ1v) is 6.24. The molecule has 17 heavy (non-hydrogen) atoms. The van der Waals surface area contributed by atoms with Crippen molar-refractivity contribution in [3.05, 3.63) is 17.0 Å². The quantitative estimate of drug-likeness (QED) is 0.811. The number of aliphatic hydroxyl groups is 1. The van der Waals surface area contributed by atoms with Gasteiger partial charge in [0.05, 0.1) is 6.61 Å². The van der Waals surface area contributed by atoms with Crippen molar-refractivity contribution in [3.63, 3.8) is 0 Å². The topological polar surface area (TPSA) is 69.2 Å². The SMILES string of the molecule is CCN(CCO)C(=O)c1n[nH]c2c1CCCC2. The van der Waals surface area contributed by atoms with E-state index in [0.717, 1.165) is 36.9 Å². The number of H-pyrrole nitrogens is 1. The smallest absolute Gasteiger partial charge is 0.274 e. The van der Waals surface area contributed by atoms with Crippen LogP contribution in [0, 0.1) is 0 Å². The van der Waals surface area contributed by atoms with Crippen molar-refractivity contribution < 1.29 is 9.90 Å². The van der Waals surface area contributed by atoms with Crippen LogP contribution in [-0.2, 0) is 12.8 Å². The van der Waals surface area contributed by atoms with Gasteiger partial charge in [-0.25, -0.2) is 0 Å². The highest BCUT2D eigenvalue weighted by molar-refractivity contribution is 5.94. The van der Waals surface area contributed by atoms with Crippen LogP contribution in [0.4, 0.5) is 0 Å². The summed E-state index contributed by atoms with van der Waals surface area (Å²) in [7, 11) is 0. The Morgan fingerprint density at radius 1 is 1.47 bits per heavy atom. The molecule has 0 radical (unpaired) electrons. The zero-order valence-electron chi connectivity index (χ0n) is 10.2. The summed E-state index contributed by atoms with van der Waals surface area (Å²) in [5.41, 5.74) is 2.74. The van der Waals surface area contributed by atoms with Gasteiger partial charge >= 0.3 is 0 Å². The van der Waals surface area contributed by atoms with E-state index in [4.69, 9.17) is 5.11 Å². The molecule has 0 saturated carbocycles. The molecule has 0 atom stereocenters. The van der Waals surface area contributed by atoms with Crippen molar-refractivity contribution in [1.82, 2.24) is 15.1 Å². The number of nitrogens with one attached hydrogen (secondary N) is 1. The maximum atomic E-state index is 12.2. The van der Waals surface area contributed by atoms with Crippen molar-refractivity contribution >= 4 is 5.91 Å². The standard InChI is InChI=1S/C12H19N3O2/c1-2-15(7-8-16)12(17)11-9-5-3-4-6-10(9)13-14-11/h16H,2-8H2,1H3,(H,13,14). The van der Waals surface area contributed by atoms with Crippen molar-refractivity contribution in [2.24, 2.45) is 0 Å². The third-order valence-electron chi connectivity index (χ3n) is 3.30. The summed E-state index contributed by atoms with van der Waals surface area (Å²) in [5, 5.41) is 16.0. The van der Waals surface area contributed by atoms with Gasteiger partial charge in [0.1, 0.15) is 0 Å². The van der Waals surface area contributed by atoms with Gasteiger partial charge in [0, 0.05) is 24.3 Å². The maximum Gasteiger partial charge on any atom is 0.274 e. The number of hydrogen-bond acceptors (Lipinski definition) is 3. The molecular weight excluding hydrogens is 218 g/mol. The molecule has 0 unspecified atom stereocenters. The lowest BCUT2D eigenvalue weighted by Gasteiger charge is -2.19. The van der Waals surface area contributed by atoms with E-state index in [1.165, 1.54) is 0 Å². The highest BCUT2D eigenvalue weighted by Crippen LogP contribution is 2.22. The van der Waals surface area contributed by atoms with Gasteiger partial charge in [-0.05, 0) is 32.6 Å². The van der Waals surface area contributed by atoms with Crippen molar-refractivity contribution in [1.29, 1.82) is 0 Å². The minimum atomic E-state index is -0.0686. The normalized spacial score (nSPS) is 14.5. The fourth-order valence-electron chi connectivity index (χ4n) is 2.33. The molecule has 1 aliphatic rings. The average molecular weight is 237 g/mol. The Labute approximate surface area is 101 Å². The lowest BCUT2D eigenvalue weighted by Crippen LogP contribution is -2.34. The van der Waals surface area contributed by atoms with E-state index in [0.29, 0.717) is 18.8 Å². The number of nitrogens with zero attached hydrogens (tertiary/aromatic N) is 2. The van der Waals surface area contributed by atoms with Crippen molar-refractivity contribution in [2.75, 3.05) is 19.7 Å². The molecule has 1 heterocycles. The summed E-state index contributed by atoms with van der Waals surface area (Å²) in [6.07, 6.45) is 4.21. The van der Waals surface area contributed by atoms with Crippen LogP contribution in [0.25, 0.3) is 0 Å². The van der Waals surface area contributed by atoms with Gasteiger partial charge in [-0.3, -0.25) is 9.89 Å². The number of amides is 1. The van der Waals surface area contributed by atoms with E-state index in [2.05, 4.69) is 10.2 Å². The highest BCUT2D eigenvalue weighted by atomic mass is 16.3. The molecular formula is C12H19N3O2. The Hall–Kier alpha value is -1.36. The molecule has 0 fully saturated rings. The lowest BCUT2D eigenvalue weighted by molar-refractivity contribution is 0.0725. The second-order valence-corrected chi connectivity index (χ2v) is 4.34. The lowest BCUT2D eigenvalue weighted by atomic mass is 9.95. The molecule has 2 N–H and O–H groups in total. The van der Waals surface area contributed by atoms with Gasteiger partial charge in [0.25, 0.3) is 5.91 Å². The van der Waals surface area contributed by atoms with E-state index >= 15 is 0 Å². The predicted molar refractivity (Wildman–Crippen MR) is 63.9 cm³/mol. The van der Waals surface area contributed by atoms with Gasteiger partial charge in [0.2, 0.25) is 0 Å². The molecule has 0 bridgehead atoms. The molecule has 0 spiro atoms. The maximum absolute atomic E-state index is 12.2. The number of rotatable bonds is 4. The Kier molecular flexibility index (Phi) is 3.78. The van der Waals surface area contributed by atoms with Crippen LogP contribution in [0.15, 0.2) is 0 Å². The van der Waals surface area contributed by atoms with E-state index in [-0.39, 0.29) is 12.5 Å². The van der Waals surface area contributed by atoms with Gasteiger partial charge in [-0.2, -0.15) is 5.10 Å². The molecule has 5 heteroatoms. The number of likely N-dealkylation sites (N-methyl/N-ethyl adjacent to an activating group) is 1. The van der Waals surface area contributed by atoms with Crippen LogP contribution in [0.1, 0.15) is 41.5 Å². The highest BCUT2D eigenvalue weighted by Gasteiger charge is 2.24. The summed E-state index contributed by atoms with van der Waals surface area (Å²) >= 11 is 0. The minimum absolute atomic E-state index is 0.00774. The number of fused-ring (bicyclic) bond motifs is 1. The van der Waals surface area contributed by atoms with Crippen LogP contribution >= 0.6 is 0 Å². The first-order valence-electron chi connectivity index (χ1n) is 6.24. The molecule has 1 aliphatic carbocycles. The van der Waals surface area contributed by atoms with Gasteiger partial charge < -0.3 is 10.0 Å². The Balaban J connectivity index is 2.21. The van der Waals surface area contributed by atoms with Gasteiger partial charge in [-0.1, -0.05) is 0 Å². The fourth-order valence-corrected chi connectivity index (χ4v) is 2.33. The third-order valence-corrected chi connectivity index (χ3v) is 3.30. The van der Waals surface area contributed by atoms with E-state index in [9.17, 15) is 4.79 Å². The zero-order chi connectivity index (χ0) is 12.3. The summed E-state index contributed by atoms with van der Waals surface area (Å²) in [6.45, 7) is 2.87. The Morgan fingerprint density at radius 2 is 2.24 bits per heavy atom. The van der Waals surface area contributed by atoms with Crippen molar-refractivity contribution in [3.8, 4) is 0 Å². The van der Waals surface area contributed by atoms with Crippen molar-refractivity contribution in [2.45, 2.75) is 32.6 Å². The molecule has 1 aromatic heterocycles. The largest absolute Gasteiger partial charge is 0.395 e. The molecule has 5 nitrogen and oxygen atoms in total. The van der Waals surface area contributed by atoms with E-state index in [1.54, 1.807) is 4.90 Å². The number of hydrogen-bond donors (Lipinski definition) is 2. The number of aromatic nitrogens is 2. The van der Waals surface area contributed by atoms with E-state index < -0.39 is 0 Å². The molecule has 0 aliphatic heterocycles. The minimum Gasteiger partial charge on any atom is -0.395 e. The van der Waals surface area contributed by atoms with Gasteiger partial charge in [0.15, 0.2) is 5.69 Å². The fraction of sp³-hybridized carbons (Fsp3) is 0.667. The molecule has 2 rings (SSSR count). The molecule has 0 saturated heterocycles. The summed E-state index contributed by atoms with van der Waals surface area (Å²) in [5.74, 6) is -0.0686. The first kappa shape index (κ1) is 12.1. The molecule has 1 aromatic rings.